The lowest BCUT2D eigenvalue weighted by atomic mass is 10.1. The van der Waals surface area contributed by atoms with Gasteiger partial charge < -0.3 is 4.74 Å². The van der Waals surface area contributed by atoms with Gasteiger partial charge >= 0.3 is 0 Å². The molecule has 0 aliphatic heterocycles. The Labute approximate surface area is 167 Å². The first-order valence-electron chi connectivity index (χ1n) is 8.80. The second-order valence-electron chi connectivity index (χ2n) is 6.85. The van der Waals surface area contributed by atoms with Crippen LogP contribution in [0.5, 0.6) is 5.75 Å². The van der Waals surface area contributed by atoms with Crippen LogP contribution in [0.2, 0.25) is 0 Å². The summed E-state index contributed by atoms with van der Waals surface area (Å²) in [7, 11) is -6.66. The zero-order valence-electron chi connectivity index (χ0n) is 16.3. The van der Waals surface area contributed by atoms with E-state index in [1.165, 1.54) is 0 Å². The Kier molecular flexibility index (Phi) is 7.08. The van der Waals surface area contributed by atoms with Gasteiger partial charge in [0.15, 0.2) is 0 Å². The van der Waals surface area contributed by atoms with Crippen molar-refractivity contribution >= 4 is 25.7 Å². The van der Waals surface area contributed by atoms with Crippen LogP contribution in [0.25, 0.3) is 11.1 Å². The maximum Gasteiger partial charge on any atom is 0.229 e. The Hall–Kier alpha value is -2.10. The molecule has 0 radical (unpaired) electrons. The van der Waals surface area contributed by atoms with Crippen molar-refractivity contribution in [3.8, 4) is 16.9 Å². The number of benzene rings is 2. The summed E-state index contributed by atoms with van der Waals surface area (Å²) in [5.74, 6) is 0.616. The minimum absolute atomic E-state index is 0.182. The fraction of sp³-hybridized carbons (Fsp3) is 0.368. The van der Waals surface area contributed by atoms with Gasteiger partial charge in [0.25, 0.3) is 0 Å². The minimum atomic E-state index is -3.34. The zero-order chi connectivity index (χ0) is 20.9. The fourth-order valence-corrected chi connectivity index (χ4v) is 3.73. The number of ether oxygens (including phenoxy) is 1. The molecule has 0 heterocycles. The van der Waals surface area contributed by atoms with Gasteiger partial charge in [0.2, 0.25) is 20.0 Å². The Balaban J connectivity index is 2.03. The molecule has 0 bridgehead atoms. The summed E-state index contributed by atoms with van der Waals surface area (Å²) in [4.78, 5) is 0. The fourth-order valence-electron chi connectivity index (χ4n) is 2.38. The summed E-state index contributed by atoms with van der Waals surface area (Å²) < 4.78 is 57.1. The summed E-state index contributed by atoms with van der Waals surface area (Å²) in [5, 5.41) is -0.494. The summed E-state index contributed by atoms with van der Waals surface area (Å²) in [6, 6.07) is 14.4. The second-order valence-corrected chi connectivity index (χ2v) is 10.9. The van der Waals surface area contributed by atoms with Crippen LogP contribution >= 0.6 is 0 Å². The van der Waals surface area contributed by atoms with Gasteiger partial charge in [0.1, 0.15) is 11.9 Å². The van der Waals surface area contributed by atoms with Gasteiger partial charge in [-0.05, 0) is 56.2 Å². The van der Waals surface area contributed by atoms with Gasteiger partial charge in [0, 0.05) is 12.2 Å². The van der Waals surface area contributed by atoms with Crippen molar-refractivity contribution in [2.45, 2.75) is 32.1 Å². The van der Waals surface area contributed by atoms with Crippen LogP contribution in [0.3, 0.4) is 0 Å². The molecule has 2 aromatic rings. The van der Waals surface area contributed by atoms with Crippen molar-refractivity contribution in [2.75, 3.05) is 17.5 Å². The normalized spacial score (nSPS) is 13.3. The Morgan fingerprint density at radius 3 is 2.14 bits per heavy atom. The molecule has 0 aliphatic rings. The molecule has 28 heavy (non-hydrogen) atoms. The molecule has 2 aromatic carbocycles. The number of hydrogen-bond donors (Lipinski definition) is 2. The minimum Gasteiger partial charge on any atom is -0.489 e. The number of hydrogen-bond acceptors (Lipinski definition) is 5. The first-order valence-corrected chi connectivity index (χ1v) is 12.2. The third-order valence-corrected chi connectivity index (χ3v) is 6.30. The average molecular weight is 427 g/mol. The Morgan fingerprint density at radius 2 is 1.57 bits per heavy atom. The van der Waals surface area contributed by atoms with Gasteiger partial charge in [-0.3, -0.25) is 4.72 Å². The summed E-state index contributed by atoms with van der Waals surface area (Å²) in [6.07, 6.45) is 0.774. The Morgan fingerprint density at radius 1 is 0.929 bits per heavy atom. The zero-order valence-corrected chi connectivity index (χ0v) is 18.0. The smallest absolute Gasteiger partial charge is 0.229 e. The predicted octanol–water partition coefficient (Wildman–Crippen LogP) is 2.82. The lowest BCUT2D eigenvalue weighted by Gasteiger charge is -2.17. The molecule has 0 aliphatic carbocycles. The highest BCUT2D eigenvalue weighted by molar-refractivity contribution is 7.92. The van der Waals surface area contributed by atoms with Crippen molar-refractivity contribution in [3.63, 3.8) is 0 Å². The molecule has 0 fully saturated rings. The molecule has 1 unspecified atom stereocenters. The highest BCUT2D eigenvalue weighted by Gasteiger charge is 2.17. The largest absolute Gasteiger partial charge is 0.489 e. The predicted molar refractivity (Wildman–Crippen MR) is 112 cm³/mol. The summed E-state index contributed by atoms with van der Waals surface area (Å²) in [5.41, 5.74) is 2.25. The van der Waals surface area contributed by atoms with E-state index in [9.17, 15) is 16.8 Å². The maximum absolute atomic E-state index is 11.8. The third-order valence-electron chi connectivity index (χ3n) is 3.88. The van der Waals surface area contributed by atoms with Crippen molar-refractivity contribution in [1.29, 1.82) is 0 Å². The molecule has 0 saturated heterocycles. The Bertz CT molecular complexity index is 1000. The van der Waals surface area contributed by atoms with E-state index in [0.29, 0.717) is 11.4 Å². The highest BCUT2D eigenvalue weighted by atomic mass is 32.2. The quantitative estimate of drug-likeness (QED) is 0.642. The SMILES string of the molecule is CC(CNS(=O)(=O)C(C)C)Oc1ccc(-c2cccc(NS(C)(=O)=O)c2)cc1. The van der Waals surface area contributed by atoms with Gasteiger partial charge in [-0.15, -0.1) is 0 Å². The number of anilines is 1. The molecular weight excluding hydrogens is 400 g/mol. The van der Waals surface area contributed by atoms with E-state index in [-0.39, 0.29) is 12.6 Å². The van der Waals surface area contributed by atoms with Crippen LogP contribution in [0.15, 0.2) is 48.5 Å². The summed E-state index contributed by atoms with van der Waals surface area (Å²) >= 11 is 0. The van der Waals surface area contributed by atoms with Crippen LogP contribution < -0.4 is 14.2 Å². The van der Waals surface area contributed by atoms with Crippen LogP contribution in [0.4, 0.5) is 5.69 Å². The second kappa shape index (κ2) is 8.93. The lowest BCUT2D eigenvalue weighted by molar-refractivity contribution is 0.225. The molecule has 0 spiro atoms. The van der Waals surface area contributed by atoms with E-state index in [0.717, 1.165) is 17.4 Å². The highest BCUT2D eigenvalue weighted by Crippen LogP contribution is 2.25. The topological polar surface area (TPSA) is 102 Å². The lowest BCUT2D eigenvalue weighted by Crippen LogP contribution is -2.37. The molecule has 154 valence electrons. The van der Waals surface area contributed by atoms with E-state index < -0.39 is 25.3 Å². The van der Waals surface area contributed by atoms with Gasteiger partial charge in [-0.25, -0.2) is 21.6 Å². The third kappa shape index (κ3) is 6.81. The van der Waals surface area contributed by atoms with Gasteiger partial charge in [-0.2, -0.15) is 0 Å². The molecule has 7 nitrogen and oxygen atoms in total. The van der Waals surface area contributed by atoms with Crippen LogP contribution in [-0.4, -0.2) is 41.0 Å². The van der Waals surface area contributed by atoms with Gasteiger partial charge in [0.05, 0.1) is 11.5 Å². The molecule has 2 rings (SSSR count). The monoisotopic (exact) mass is 426 g/mol. The summed E-state index contributed by atoms with van der Waals surface area (Å²) in [6.45, 7) is 5.21. The molecular formula is C19H26N2O5S2. The molecule has 1 atom stereocenters. The van der Waals surface area contributed by atoms with Crippen LogP contribution in [-0.2, 0) is 20.0 Å². The maximum atomic E-state index is 11.8. The number of sulfonamides is 2. The van der Waals surface area contributed by atoms with E-state index in [2.05, 4.69) is 9.44 Å². The molecule has 0 saturated carbocycles. The number of rotatable bonds is 9. The standard InChI is InChI=1S/C19H26N2O5S2/c1-14(2)28(24,25)20-13-15(3)26-19-10-8-16(9-11-19)17-6-5-7-18(12-17)21-27(4,22)23/h5-12,14-15,20-21H,13H2,1-4H3. The average Bonchev–Trinajstić information content (AvgIpc) is 2.59. The molecule has 0 amide bonds. The van der Waals surface area contributed by atoms with Crippen LogP contribution in [0.1, 0.15) is 20.8 Å². The van der Waals surface area contributed by atoms with Gasteiger partial charge in [-0.1, -0.05) is 24.3 Å². The van der Waals surface area contributed by atoms with E-state index in [4.69, 9.17) is 4.74 Å². The van der Waals surface area contributed by atoms with E-state index in [1.54, 1.807) is 51.1 Å². The molecule has 2 N–H and O–H groups in total. The van der Waals surface area contributed by atoms with Crippen molar-refractivity contribution in [2.24, 2.45) is 0 Å². The van der Waals surface area contributed by atoms with E-state index in [1.807, 2.05) is 18.2 Å². The van der Waals surface area contributed by atoms with E-state index >= 15 is 0 Å². The number of nitrogens with one attached hydrogen (secondary N) is 2. The van der Waals surface area contributed by atoms with Crippen molar-refractivity contribution in [3.05, 3.63) is 48.5 Å². The first-order chi connectivity index (χ1) is 13.0. The first kappa shape index (κ1) is 22.2. The van der Waals surface area contributed by atoms with Crippen molar-refractivity contribution < 1.29 is 21.6 Å². The molecule has 9 heteroatoms. The van der Waals surface area contributed by atoms with Crippen LogP contribution in [0, 0.1) is 0 Å². The van der Waals surface area contributed by atoms with Crippen molar-refractivity contribution in [1.82, 2.24) is 4.72 Å². The molecule has 0 aromatic heterocycles.